The number of nitriles is 1. The second-order valence-electron chi connectivity index (χ2n) is 3.03. The maximum Gasteiger partial charge on any atom is 0.270 e. The number of benzene rings is 1. The summed E-state index contributed by atoms with van der Waals surface area (Å²) in [7, 11) is 0. The highest BCUT2D eigenvalue weighted by atomic mass is 32.1. The minimum absolute atomic E-state index is 0.0695. The molecule has 0 spiro atoms. The molecule has 2 rings (SSSR count). The highest BCUT2D eigenvalue weighted by Gasteiger charge is 2.10. The number of hydrogen-bond acceptors (Lipinski definition) is 4. The van der Waals surface area contributed by atoms with Crippen LogP contribution in [0.3, 0.4) is 0 Å². The molecule has 1 aromatic heterocycles. The smallest absolute Gasteiger partial charge is 0.258 e. The van der Waals surface area contributed by atoms with Crippen LogP contribution in [-0.2, 0) is 6.42 Å². The average Bonchev–Trinajstić information content (AvgIpc) is 2.61. The van der Waals surface area contributed by atoms with Gasteiger partial charge < -0.3 is 0 Å². The van der Waals surface area contributed by atoms with Crippen molar-refractivity contribution in [2.24, 2.45) is 0 Å². The second kappa shape index (κ2) is 3.67. The molecule has 0 amide bonds. The van der Waals surface area contributed by atoms with Crippen LogP contribution in [0.2, 0.25) is 0 Å². The number of thiophene rings is 1. The SMILES string of the molecule is N#CCc1csc2ccc([N+](=O)[O-])cc12. The van der Waals surface area contributed by atoms with E-state index in [1.807, 2.05) is 11.4 Å². The van der Waals surface area contributed by atoms with Gasteiger partial charge in [-0.3, -0.25) is 10.1 Å². The van der Waals surface area contributed by atoms with E-state index in [2.05, 4.69) is 0 Å². The topological polar surface area (TPSA) is 66.9 Å². The molecule has 4 nitrogen and oxygen atoms in total. The van der Waals surface area contributed by atoms with Gasteiger partial charge in [0, 0.05) is 22.2 Å². The zero-order valence-corrected chi connectivity index (χ0v) is 8.45. The van der Waals surface area contributed by atoms with Crippen molar-refractivity contribution in [3.8, 4) is 6.07 Å². The van der Waals surface area contributed by atoms with Crippen LogP contribution in [0.15, 0.2) is 23.6 Å². The summed E-state index contributed by atoms with van der Waals surface area (Å²) in [5.74, 6) is 0. The van der Waals surface area contributed by atoms with Crippen molar-refractivity contribution in [1.29, 1.82) is 5.26 Å². The molecule has 0 saturated heterocycles. The number of nitro benzene ring substituents is 1. The van der Waals surface area contributed by atoms with Crippen LogP contribution >= 0.6 is 11.3 Å². The standard InChI is InChI=1S/C10H6N2O2S/c11-4-3-7-6-15-10-2-1-8(12(13)14)5-9(7)10/h1-2,5-6H,3H2. The Labute approximate surface area is 89.5 Å². The Morgan fingerprint density at radius 2 is 2.33 bits per heavy atom. The second-order valence-corrected chi connectivity index (χ2v) is 3.94. The molecular weight excluding hydrogens is 212 g/mol. The molecule has 5 heteroatoms. The van der Waals surface area contributed by atoms with Crippen molar-refractivity contribution in [2.45, 2.75) is 6.42 Å². The van der Waals surface area contributed by atoms with Crippen molar-refractivity contribution in [2.75, 3.05) is 0 Å². The summed E-state index contributed by atoms with van der Waals surface area (Å²) in [6, 6.07) is 6.78. The number of fused-ring (bicyclic) bond motifs is 1. The number of nitro groups is 1. The largest absolute Gasteiger partial charge is 0.270 e. The van der Waals surface area contributed by atoms with Crippen LogP contribution in [0, 0.1) is 21.4 Å². The summed E-state index contributed by atoms with van der Waals surface area (Å²) in [6.07, 6.45) is 0.293. The Morgan fingerprint density at radius 1 is 1.53 bits per heavy atom. The average molecular weight is 218 g/mol. The molecule has 0 N–H and O–H groups in total. The van der Waals surface area contributed by atoms with Gasteiger partial charge in [-0.25, -0.2) is 0 Å². The van der Waals surface area contributed by atoms with Crippen molar-refractivity contribution < 1.29 is 4.92 Å². The minimum Gasteiger partial charge on any atom is -0.258 e. The van der Waals surface area contributed by atoms with Crippen molar-refractivity contribution in [1.82, 2.24) is 0 Å². The minimum atomic E-state index is -0.423. The molecule has 0 aliphatic heterocycles. The van der Waals surface area contributed by atoms with E-state index in [1.165, 1.54) is 23.5 Å². The number of rotatable bonds is 2. The first-order chi connectivity index (χ1) is 7.22. The lowest BCUT2D eigenvalue weighted by molar-refractivity contribution is -0.384. The lowest BCUT2D eigenvalue weighted by Gasteiger charge is -1.93. The van der Waals surface area contributed by atoms with Crippen molar-refractivity contribution >= 4 is 27.1 Å². The van der Waals surface area contributed by atoms with Crippen LogP contribution in [0.5, 0.6) is 0 Å². The molecule has 1 aromatic carbocycles. The molecular formula is C10H6N2O2S. The van der Waals surface area contributed by atoms with Gasteiger partial charge in [0.15, 0.2) is 0 Å². The zero-order chi connectivity index (χ0) is 10.8. The number of non-ortho nitro benzene ring substituents is 1. The molecule has 0 aliphatic rings. The van der Waals surface area contributed by atoms with E-state index in [0.29, 0.717) is 6.42 Å². The first-order valence-electron chi connectivity index (χ1n) is 4.24. The van der Waals surface area contributed by atoms with Crippen LogP contribution in [-0.4, -0.2) is 4.92 Å². The van der Waals surface area contributed by atoms with Crippen molar-refractivity contribution in [3.63, 3.8) is 0 Å². The van der Waals surface area contributed by atoms with Gasteiger partial charge in [0.1, 0.15) is 0 Å². The molecule has 0 saturated carbocycles. The third-order valence-corrected chi connectivity index (χ3v) is 3.13. The fraction of sp³-hybridized carbons (Fsp3) is 0.100. The van der Waals surface area contributed by atoms with Gasteiger partial charge in [0.25, 0.3) is 5.69 Å². The van der Waals surface area contributed by atoms with Gasteiger partial charge >= 0.3 is 0 Å². The van der Waals surface area contributed by atoms with E-state index >= 15 is 0 Å². The molecule has 0 atom stereocenters. The van der Waals surface area contributed by atoms with Crippen molar-refractivity contribution in [3.05, 3.63) is 39.3 Å². The number of nitrogens with zero attached hydrogens (tertiary/aromatic N) is 2. The first-order valence-corrected chi connectivity index (χ1v) is 5.12. The van der Waals surface area contributed by atoms with Crippen LogP contribution in [0.1, 0.15) is 5.56 Å². The third-order valence-electron chi connectivity index (χ3n) is 2.12. The maximum absolute atomic E-state index is 10.6. The lowest BCUT2D eigenvalue weighted by atomic mass is 10.1. The lowest BCUT2D eigenvalue weighted by Crippen LogP contribution is -1.87. The van der Waals surface area contributed by atoms with E-state index in [4.69, 9.17) is 5.26 Å². The van der Waals surface area contributed by atoms with Crippen LogP contribution < -0.4 is 0 Å². The van der Waals surface area contributed by atoms with Gasteiger partial charge in [-0.05, 0) is 17.0 Å². The van der Waals surface area contributed by atoms with Gasteiger partial charge in [-0.1, -0.05) is 0 Å². The zero-order valence-electron chi connectivity index (χ0n) is 7.64. The Kier molecular flexibility index (Phi) is 2.35. The maximum atomic E-state index is 10.6. The summed E-state index contributed by atoms with van der Waals surface area (Å²) in [5, 5.41) is 21.9. The summed E-state index contributed by atoms with van der Waals surface area (Å²) < 4.78 is 0.978. The van der Waals surface area contributed by atoms with E-state index in [9.17, 15) is 10.1 Å². The molecule has 0 aliphatic carbocycles. The summed E-state index contributed by atoms with van der Waals surface area (Å²) in [5.41, 5.74) is 0.932. The summed E-state index contributed by atoms with van der Waals surface area (Å²) in [6.45, 7) is 0. The van der Waals surface area contributed by atoms with Gasteiger partial charge in [0.05, 0.1) is 17.4 Å². The Morgan fingerprint density at radius 3 is 3.00 bits per heavy atom. The Bertz CT molecular complexity index is 568. The fourth-order valence-electron chi connectivity index (χ4n) is 1.41. The van der Waals surface area contributed by atoms with Crippen LogP contribution in [0.4, 0.5) is 5.69 Å². The Balaban J connectivity index is 2.62. The molecule has 0 unspecified atom stereocenters. The summed E-state index contributed by atoms with van der Waals surface area (Å²) >= 11 is 1.50. The molecule has 2 aromatic rings. The van der Waals surface area contributed by atoms with E-state index in [1.54, 1.807) is 6.07 Å². The number of hydrogen-bond donors (Lipinski definition) is 0. The first kappa shape index (κ1) is 9.62. The highest BCUT2D eigenvalue weighted by molar-refractivity contribution is 7.17. The Hall–Kier alpha value is -1.93. The molecule has 0 bridgehead atoms. The molecule has 74 valence electrons. The van der Waals surface area contributed by atoms with Gasteiger partial charge in [-0.15, -0.1) is 11.3 Å². The predicted molar refractivity (Wildman–Crippen MR) is 57.8 cm³/mol. The molecule has 1 heterocycles. The molecule has 0 radical (unpaired) electrons. The third kappa shape index (κ3) is 1.67. The molecule has 0 fully saturated rings. The predicted octanol–water partition coefficient (Wildman–Crippen LogP) is 2.88. The monoisotopic (exact) mass is 218 g/mol. The van der Waals surface area contributed by atoms with E-state index < -0.39 is 4.92 Å². The highest BCUT2D eigenvalue weighted by Crippen LogP contribution is 2.29. The van der Waals surface area contributed by atoms with Crippen LogP contribution in [0.25, 0.3) is 10.1 Å². The molecule has 15 heavy (non-hydrogen) atoms. The van der Waals surface area contributed by atoms with Gasteiger partial charge in [0.2, 0.25) is 0 Å². The van der Waals surface area contributed by atoms with E-state index in [-0.39, 0.29) is 5.69 Å². The normalized spacial score (nSPS) is 10.1. The van der Waals surface area contributed by atoms with E-state index in [0.717, 1.165) is 15.6 Å². The quantitative estimate of drug-likeness (QED) is 0.575. The fourth-order valence-corrected chi connectivity index (χ4v) is 2.35. The van der Waals surface area contributed by atoms with Gasteiger partial charge in [-0.2, -0.15) is 5.26 Å². The summed E-state index contributed by atoms with van der Waals surface area (Å²) in [4.78, 5) is 10.2.